The molecule has 0 N–H and O–H groups in total. The van der Waals surface area contributed by atoms with Crippen molar-refractivity contribution in [2.45, 2.75) is 25.3 Å². The van der Waals surface area contributed by atoms with Crippen molar-refractivity contribution in [3.05, 3.63) is 0 Å². The zero-order chi connectivity index (χ0) is 9.19. The van der Waals surface area contributed by atoms with Gasteiger partial charge in [-0.3, -0.25) is 4.74 Å². The fourth-order valence-electron chi connectivity index (χ4n) is 1.13. The second-order valence-electron chi connectivity index (χ2n) is 2.67. The van der Waals surface area contributed by atoms with Gasteiger partial charge in [0.15, 0.2) is 0 Å². The molecule has 0 atom stereocenters. The molecule has 12 heavy (non-hydrogen) atoms. The summed E-state index contributed by atoms with van der Waals surface area (Å²) in [4.78, 5) is 0. The van der Waals surface area contributed by atoms with Crippen molar-refractivity contribution < 1.29 is 22.4 Å². The van der Waals surface area contributed by atoms with Crippen molar-refractivity contribution in [1.29, 1.82) is 0 Å². The van der Waals surface area contributed by atoms with Crippen LogP contribution in [-0.4, -0.2) is 30.7 Å². The summed E-state index contributed by atoms with van der Waals surface area (Å²) >= 11 is 0. The van der Waals surface area contributed by atoms with E-state index >= 15 is 0 Å². The van der Waals surface area contributed by atoms with E-state index in [2.05, 4.69) is 4.74 Å². The summed E-state index contributed by atoms with van der Waals surface area (Å²) in [5.74, 6) is 0. The van der Waals surface area contributed by atoms with Crippen LogP contribution in [-0.2, 0) is 4.74 Å². The third kappa shape index (κ3) is 3.36. The molecular weight excluding hydrogens is 178 g/mol. The Hall–Kier alpha value is -0.360. The smallest absolute Gasteiger partial charge is 0.288 e. The average molecular weight is 187 g/mol. The first kappa shape index (κ1) is 9.73. The number of hydrogen-bond acceptors (Lipinski definition) is 2. The molecule has 0 radical (unpaired) electrons. The summed E-state index contributed by atoms with van der Waals surface area (Å²) in [5, 5.41) is 0.496. The maximum absolute atomic E-state index is 12.3. The molecule has 1 fully saturated rings. The summed E-state index contributed by atoms with van der Waals surface area (Å²) in [5.41, 5.74) is 0. The highest BCUT2D eigenvalue weighted by Gasteiger charge is 2.34. The highest BCUT2D eigenvalue weighted by atomic mass is 19.4. The molecule has 0 amide bonds. The van der Waals surface area contributed by atoms with Gasteiger partial charge in [-0.2, -0.15) is 0 Å². The fourth-order valence-corrected chi connectivity index (χ4v) is 1.13. The molecule has 6 heteroatoms. The minimum Gasteiger partial charge on any atom is -0.288 e. The monoisotopic (exact) mass is 187 g/mol. The zero-order valence-electron chi connectivity index (χ0n) is 6.27. The fraction of sp³-hybridized carbons (Fsp3) is 1.00. The molecule has 2 nitrogen and oxygen atoms in total. The third-order valence-electron chi connectivity index (χ3n) is 1.69. The summed E-state index contributed by atoms with van der Waals surface area (Å²) in [6, 6.07) is 0. The minimum atomic E-state index is -4.59. The molecule has 0 bridgehead atoms. The molecule has 1 heterocycles. The van der Waals surface area contributed by atoms with Gasteiger partial charge in [0.05, 0.1) is 6.10 Å². The first-order valence-electron chi connectivity index (χ1n) is 3.62. The Balaban J connectivity index is 2.26. The summed E-state index contributed by atoms with van der Waals surface area (Å²) in [6.45, 7) is 0.0293. The number of halogens is 4. The second kappa shape index (κ2) is 3.57. The molecule has 0 aliphatic carbocycles. The van der Waals surface area contributed by atoms with Crippen LogP contribution in [0.5, 0.6) is 0 Å². The molecule has 0 aromatic carbocycles. The minimum absolute atomic E-state index is 0.0146. The van der Waals surface area contributed by atoms with Crippen molar-refractivity contribution in [3.63, 3.8) is 0 Å². The second-order valence-corrected chi connectivity index (χ2v) is 2.67. The molecule has 1 rings (SSSR count). The van der Waals surface area contributed by atoms with Crippen LogP contribution in [0.1, 0.15) is 12.8 Å². The Morgan fingerprint density at radius 3 is 2.08 bits per heavy atom. The highest BCUT2D eigenvalue weighted by molar-refractivity contribution is 4.67. The van der Waals surface area contributed by atoms with Crippen molar-refractivity contribution >= 4 is 0 Å². The lowest BCUT2D eigenvalue weighted by atomic mass is 10.1. The van der Waals surface area contributed by atoms with E-state index < -0.39 is 12.5 Å². The van der Waals surface area contributed by atoms with E-state index in [1.54, 1.807) is 0 Å². The Morgan fingerprint density at radius 1 is 1.17 bits per heavy atom. The quantitative estimate of drug-likeness (QED) is 0.459. The molecular formula is C6H9F4NO. The van der Waals surface area contributed by atoms with Crippen LogP contribution in [0.4, 0.5) is 17.7 Å². The lowest BCUT2D eigenvalue weighted by molar-refractivity contribution is -0.347. The normalized spacial score (nSPS) is 23.0. The standard InChI is InChI=1S/C6H9F4NO/c7-6(8,9)12-5-1-3-11(10)4-2-5/h5H,1-4H2. The van der Waals surface area contributed by atoms with E-state index in [0.29, 0.717) is 5.12 Å². The van der Waals surface area contributed by atoms with Gasteiger partial charge in [0.1, 0.15) is 0 Å². The molecule has 0 unspecified atom stereocenters. The lowest BCUT2D eigenvalue weighted by Crippen LogP contribution is -2.35. The molecule has 0 aromatic rings. The van der Waals surface area contributed by atoms with E-state index in [9.17, 15) is 17.7 Å². The predicted octanol–water partition coefficient (Wildman–Crippen LogP) is 1.87. The Bertz CT molecular complexity index is 141. The molecule has 72 valence electrons. The zero-order valence-corrected chi connectivity index (χ0v) is 6.27. The van der Waals surface area contributed by atoms with Crippen molar-refractivity contribution in [1.82, 2.24) is 5.12 Å². The van der Waals surface area contributed by atoms with Crippen molar-refractivity contribution in [2.75, 3.05) is 13.1 Å². The summed E-state index contributed by atoms with van der Waals surface area (Å²) < 4.78 is 50.8. The van der Waals surface area contributed by atoms with Gasteiger partial charge in [-0.15, -0.1) is 22.8 Å². The van der Waals surface area contributed by atoms with E-state index in [4.69, 9.17) is 0 Å². The van der Waals surface area contributed by atoms with Crippen LogP contribution in [0.2, 0.25) is 0 Å². The number of piperidine rings is 1. The van der Waals surface area contributed by atoms with Gasteiger partial charge >= 0.3 is 6.36 Å². The van der Waals surface area contributed by atoms with E-state index in [-0.39, 0.29) is 25.9 Å². The molecule has 0 spiro atoms. The Kier molecular flexibility index (Phi) is 2.89. The van der Waals surface area contributed by atoms with Gasteiger partial charge in [0, 0.05) is 13.1 Å². The van der Waals surface area contributed by atoms with Gasteiger partial charge in [-0.25, -0.2) is 0 Å². The predicted molar refractivity (Wildman–Crippen MR) is 32.8 cm³/mol. The number of nitrogens with zero attached hydrogens (tertiary/aromatic N) is 1. The number of ether oxygens (including phenoxy) is 1. The molecule has 1 aliphatic rings. The Labute approximate surface area is 67.0 Å². The van der Waals surface area contributed by atoms with Crippen LogP contribution in [0.3, 0.4) is 0 Å². The van der Waals surface area contributed by atoms with Crippen LogP contribution < -0.4 is 0 Å². The number of hydrogen-bond donors (Lipinski definition) is 0. The Morgan fingerprint density at radius 2 is 1.67 bits per heavy atom. The largest absolute Gasteiger partial charge is 0.522 e. The van der Waals surface area contributed by atoms with Crippen LogP contribution in [0.25, 0.3) is 0 Å². The van der Waals surface area contributed by atoms with Crippen LogP contribution >= 0.6 is 0 Å². The van der Waals surface area contributed by atoms with Gasteiger partial charge < -0.3 is 0 Å². The highest BCUT2D eigenvalue weighted by Crippen LogP contribution is 2.24. The lowest BCUT2D eigenvalue weighted by Gasteiger charge is -2.26. The van der Waals surface area contributed by atoms with Gasteiger partial charge in [0.25, 0.3) is 0 Å². The van der Waals surface area contributed by atoms with E-state index in [1.807, 2.05) is 0 Å². The maximum atomic E-state index is 12.3. The third-order valence-corrected chi connectivity index (χ3v) is 1.69. The van der Waals surface area contributed by atoms with Gasteiger partial charge in [-0.05, 0) is 12.8 Å². The van der Waals surface area contributed by atoms with E-state index in [0.717, 1.165) is 0 Å². The first-order valence-corrected chi connectivity index (χ1v) is 3.62. The maximum Gasteiger partial charge on any atom is 0.522 e. The van der Waals surface area contributed by atoms with E-state index in [1.165, 1.54) is 0 Å². The van der Waals surface area contributed by atoms with Gasteiger partial charge in [-0.1, -0.05) is 0 Å². The molecule has 0 saturated carbocycles. The van der Waals surface area contributed by atoms with Gasteiger partial charge in [0.2, 0.25) is 0 Å². The van der Waals surface area contributed by atoms with Crippen molar-refractivity contribution in [3.8, 4) is 0 Å². The number of rotatable bonds is 1. The SMILES string of the molecule is FN1CCC(OC(F)(F)F)CC1. The summed E-state index contributed by atoms with van der Waals surface area (Å²) in [6.07, 6.45) is -5.29. The molecule has 1 aliphatic heterocycles. The molecule has 0 aromatic heterocycles. The topological polar surface area (TPSA) is 12.5 Å². The average Bonchev–Trinajstić information content (AvgIpc) is 1.91. The summed E-state index contributed by atoms with van der Waals surface area (Å²) in [7, 11) is 0. The molecule has 1 saturated heterocycles. The van der Waals surface area contributed by atoms with Crippen LogP contribution in [0.15, 0.2) is 0 Å². The van der Waals surface area contributed by atoms with Crippen LogP contribution in [0, 0.1) is 0 Å². The number of alkyl halides is 3. The first-order chi connectivity index (χ1) is 5.47. The van der Waals surface area contributed by atoms with Crippen molar-refractivity contribution in [2.24, 2.45) is 0 Å².